The van der Waals surface area contributed by atoms with Crippen LogP contribution in [-0.2, 0) is 4.79 Å². The zero-order chi connectivity index (χ0) is 16.4. The molecule has 0 aliphatic carbocycles. The van der Waals surface area contributed by atoms with Crippen LogP contribution < -0.4 is 15.4 Å². The smallest absolute Gasteiger partial charge is 0.268 e. The molecular weight excluding hydrogens is 278 g/mol. The van der Waals surface area contributed by atoms with E-state index in [0.29, 0.717) is 6.54 Å². The Hall–Kier alpha value is -1.59. The van der Waals surface area contributed by atoms with Crippen molar-refractivity contribution >= 4 is 11.6 Å². The summed E-state index contributed by atoms with van der Waals surface area (Å²) in [5, 5.41) is 0. The van der Waals surface area contributed by atoms with Crippen LogP contribution in [0.2, 0.25) is 0 Å². The third-order valence-electron chi connectivity index (χ3n) is 3.94. The highest BCUT2D eigenvalue weighted by atomic mass is 16.5. The molecule has 0 saturated heterocycles. The fraction of sp³-hybridized carbons (Fsp3) is 0.588. The molecule has 1 aliphatic heterocycles. The molecule has 0 radical (unpaired) electrons. The molecule has 5 heteroatoms. The van der Waals surface area contributed by atoms with Crippen molar-refractivity contribution in [1.29, 1.82) is 0 Å². The lowest BCUT2D eigenvalue weighted by molar-refractivity contribution is -0.128. The van der Waals surface area contributed by atoms with E-state index < -0.39 is 6.10 Å². The number of hydrogen-bond donors (Lipinski definition) is 1. The highest BCUT2D eigenvalue weighted by Gasteiger charge is 2.36. The Morgan fingerprint density at radius 1 is 1.32 bits per heavy atom. The fourth-order valence-corrected chi connectivity index (χ4v) is 2.54. The molecule has 5 nitrogen and oxygen atoms in total. The number of rotatable bonds is 5. The van der Waals surface area contributed by atoms with Crippen LogP contribution in [0, 0.1) is 5.92 Å². The lowest BCUT2D eigenvalue weighted by Gasteiger charge is -2.37. The molecule has 0 saturated carbocycles. The minimum atomic E-state index is -0.421. The first-order valence-corrected chi connectivity index (χ1v) is 7.83. The van der Waals surface area contributed by atoms with E-state index in [1.807, 2.05) is 58.0 Å². The number of ether oxygens (including phenoxy) is 1. The molecule has 1 amide bonds. The van der Waals surface area contributed by atoms with Gasteiger partial charge in [0, 0.05) is 19.1 Å². The summed E-state index contributed by atoms with van der Waals surface area (Å²) < 4.78 is 5.93. The molecule has 0 aromatic heterocycles. The largest absolute Gasteiger partial charge is 0.478 e. The van der Waals surface area contributed by atoms with Gasteiger partial charge >= 0.3 is 0 Å². The van der Waals surface area contributed by atoms with Gasteiger partial charge in [-0.25, -0.2) is 0 Å². The predicted octanol–water partition coefficient (Wildman–Crippen LogP) is 2.02. The molecular formula is C17H27N3O2. The molecule has 1 aliphatic rings. The van der Waals surface area contributed by atoms with Crippen molar-refractivity contribution < 1.29 is 9.53 Å². The molecule has 0 bridgehead atoms. The van der Waals surface area contributed by atoms with Crippen molar-refractivity contribution in [1.82, 2.24) is 4.90 Å². The van der Waals surface area contributed by atoms with Crippen LogP contribution in [0.4, 0.5) is 5.69 Å². The predicted molar refractivity (Wildman–Crippen MR) is 89.2 cm³/mol. The summed E-state index contributed by atoms with van der Waals surface area (Å²) in [7, 11) is 4.01. The van der Waals surface area contributed by atoms with Gasteiger partial charge in [-0.05, 0) is 44.6 Å². The maximum Gasteiger partial charge on any atom is 0.268 e. The average molecular weight is 305 g/mol. The minimum Gasteiger partial charge on any atom is -0.478 e. The van der Waals surface area contributed by atoms with E-state index in [1.165, 1.54) is 0 Å². The van der Waals surface area contributed by atoms with Crippen LogP contribution in [-0.4, -0.2) is 44.1 Å². The van der Waals surface area contributed by atoms with Gasteiger partial charge in [0.25, 0.3) is 5.91 Å². The first kappa shape index (κ1) is 16.8. The number of fused-ring (bicyclic) bond motifs is 1. The molecule has 0 spiro atoms. The van der Waals surface area contributed by atoms with E-state index >= 15 is 0 Å². The summed E-state index contributed by atoms with van der Waals surface area (Å²) >= 11 is 0. The molecule has 22 heavy (non-hydrogen) atoms. The summed E-state index contributed by atoms with van der Waals surface area (Å²) in [6, 6.07) is 5.81. The highest BCUT2D eigenvalue weighted by Crippen LogP contribution is 2.37. The molecule has 2 rings (SSSR count). The quantitative estimate of drug-likeness (QED) is 0.904. The average Bonchev–Trinajstić information content (AvgIpc) is 2.44. The van der Waals surface area contributed by atoms with Gasteiger partial charge in [-0.3, -0.25) is 4.79 Å². The Bertz CT molecular complexity index is 541. The van der Waals surface area contributed by atoms with Crippen LogP contribution in [0.15, 0.2) is 18.2 Å². The first-order valence-electron chi connectivity index (χ1n) is 7.83. The van der Waals surface area contributed by atoms with Gasteiger partial charge in [-0.1, -0.05) is 19.9 Å². The Balaban J connectivity index is 2.40. The SMILES string of the molecule is CC(N)c1ccc2c(c1)N(CCN(C)C)C(=O)C(C(C)C)O2. The number of anilines is 1. The summed E-state index contributed by atoms with van der Waals surface area (Å²) in [5.74, 6) is 0.934. The molecule has 2 unspecified atom stereocenters. The fourth-order valence-electron chi connectivity index (χ4n) is 2.54. The molecule has 2 N–H and O–H groups in total. The summed E-state index contributed by atoms with van der Waals surface area (Å²) in [6.45, 7) is 7.41. The number of carbonyl (C=O) groups excluding carboxylic acids is 1. The lowest BCUT2D eigenvalue weighted by atomic mass is 10.0. The highest BCUT2D eigenvalue weighted by molar-refractivity contribution is 6.00. The summed E-state index contributed by atoms with van der Waals surface area (Å²) in [6.07, 6.45) is -0.421. The normalized spacial score (nSPS) is 19.4. The lowest BCUT2D eigenvalue weighted by Crippen LogP contribution is -2.50. The third-order valence-corrected chi connectivity index (χ3v) is 3.94. The Labute approximate surface area is 133 Å². The molecule has 1 aromatic rings. The number of carbonyl (C=O) groups is 1. The third kappa shape index (κ3) is 3.42. The van der Waals surface area contributed by atoms with Crippen LogP contribution in [0.3, 0.4) is 0 Å². The summed E-state index contributed by atoms with van der Waals surface area (Å²) in [5.41, 5.74) is 7.81. The number of likely N-dealkylation sites (N-methyl/N-ethyl adjacent to an activating group) is 1. The van der Waals surface area contributed by atoms with Crippen molar-refractivity contribution in [2.24, 2.45) is 11.7 Å². The van der Waals surface area contributed by atoms with Gasteiger partial charge in [0.05, 0.1) is 5.69 Å². The summed E-state index contributed by atoms with van der Waals surface area (Å²) in [4.78, 5) is 16.7. The van der Waals surface area contributed by atoms with Crippen LogP contribution >= 0.6 is 0 Å². The zero-order valence-electron chi connectivity index (χ0n) is 14.2. The van der Waals surface area contributed by atoms with Gasteiger partial charge in [0.1, 0.15) is 5.75 Å². The van der Waals surface area contributed by atoms with Gasteiger partial charge in [0.2, 0.25) is 0 Å². The molecule has 2 atom stereocenters. The van der Waals surface area contributed by atoms with Gasteiger partial charge < -0.3 is 20.3 Å². The maximum atomic E-state index is 12.8. The first-order chi connectivity index (χ1) is 10.3. The Kier molecular flexibility index (Phi) is 5.08. The van der Waals surface area contributed by atoms with Crippen molar-refractivity contribution in [2.75, 3.05) is 32.1 Å². The molecule has 1 aromatic carbocycles. The van der Waals surface area contributed by atoms with E-state index in [9.17, 15) is 4.79 Å². The van der Waals surface area contributed by atoms with Crippen LogP contribution in [0.25, 0.3) is 0 Å². The van der Waals surface area contributed by atoms with Crippen LogP contribution in [0.1, 0.15) is 32.4 Å². The van der Waals surface area contributed by atoms with Crippen molar-refractivity contribution in [3.8, 4) is 5.75 Å². The van der Waals surface area contributed by atoms with Crippen LogP contribution in [0.5, 0.6) is 5.75 Å². The molecule has 122 valence electrons. The van der Waals surface area contributed by atoms with E-state index in [0.717, 1.165) is 23.5 Å². The van der Waals surface area contributed by atoms with Gasteiger partial charge in [-0.2, -0.15) is 0 Å². The van der Waals surface area contributed by atoms with Crippen molar-refractivity contribution in [2.45, 2.75) is 32.9 Å². The Morgan fingerprint density at radius 3 is 2.55 bits per heavy atom. The van der Waals surface area contributed by atoms with Crippen molar-refractivity contribution in [3.63, 3.8) is 0 Å². The topological polar surface area (TPSA) is 58.8 Å². The monoisotopic (exact) mass is 305 g/mol. The number of hydrogen-bond acceptors (Lipinski definition) is 4. The van der Waals surface area contributed by atoms with Crippen molar-refractivity contribution in [3.05, 3.63) is 23.8 Å². The second kappa shape index (κ2) is 6.67. The van der Waals surface area contributed by atoms with E-state index in [2.05, 4.69) is 4.90 Å². The second-order valence-electron chi connectivity index (χ2n) is 6.59. The van der Waals surface area contributed by atoms with Gasteiger partial charge in [0.15, 0.2) is 6.10 Å². The number of nitrogens with two attached hydrogens (primary N) is 1. The zero-order valence-corrected chi connectivity index (χ0v) is 14.2. The standard InChI is InChI=1S/C17H27N3O2/c1-11(2)16-17(21)20(9-8-19(4)5)14-10-13(12(3)18)6-7-15(14)22-16/h6-7,10-12,16H,8-9,18H2,1-5H3. The maximum absolute atomic E-state index is 12.8. The van der Waals surface area contributed by atoms with Gasteiger partial charge in [-0.15, -0.1) is 0 Å². The number of benzene rings is 1. The minimum absolute atomic E-state index is 0.0335. The van der Waals surface area contributed by atoms with E-state index in [4.69, 9.17) is 10.5 Å². The molecule has 1 heterocycles. The van der Waals surface area contributed by atoms with E-state index in [-0.39, 0.29) is 17.9 Å². The Morgan fingerprint density at radius 2 is 2.00 bits per heavy atom. The van der Waals surface area contributed by atoms with E-state index in [1.54, 1.807) is 0 Å². The second-order valence-corrected chi connectivity index (χ2v) is 6.59. The number of nitrogens with zero attached hydrogens (tertiary/aromatic N) is 2. The molecule has 0 fully saturated rings. The number of amides is 1.